The van der Waals surface area contributed by atoms with Crippen LogP contribution < -0.4 is 10.2 Å². The molecule has 0 bridgehead atoms. The minimum atomic E-state index is 0.000664. The van der Waals surface area contributed by atoms with Crippen molar-refractivity contribution in [1.82, 2.24) is 5.32 Å². The normalized spacial score (nSPS) is 19.1. The summed E-state index contributed by atoms with van der Waals surface area (Å²) in [5.74, 6) is 0.251. The molecule has 1 aliphatic rings. The molecule has 1 aliphatic carbocycles. The van der Waals surface area contributed by atoms with Gasteiger partial charge in [0.05, 0.1) is 0 Å². The Bertz CT molecular complexity index is 801. The van der Waals surface area contributed by atoms with E-state index in [0.717, 1.165) is 43.4 Å². The van der Waals surface area contributed by atoms with E-state index in [2.05, 4.69) is 5.32 Å². The summed E-state index contributed by atoms with van der Waals surface area (Å²) in [6, 6.07) is 17.4. The lowest BCUT2D eigenvalue weighted by molar-refractivity contribution is -0.129. The van der Waals surface area contributed by atoms with E-state index in [1.54, 1.807) is 4.90 Å². The van der Waals surface area contributed by atoms with Gasteiger partial charge in [-0.25, -0.2) is 0 Å². The van der Waals surface area contributed by atoms with E-state index in [1.807, 2.05) is 61.6 Å². The zero-order valence-corrected chi connectivity index (χ0v) is 17.0. The van der Waals surface area contributed by atoms with E-state index in [4.69, 9.17) is 11.6 Å². The number of halogens is 1. The summed E-state index contributed by atoms with van der Waals surface area (Å²) in [7, 11) is 1.83. The Hall–Kier alpha value is -2.33. The highest BCUT2D eigenvalue weighted by Crippen LogP contribution is 2.31. The van der Waals surface area contributed by atoms with E-state index in [9.17, 15) is 9.59 Å². The van der Waals surface area contributed by atoms with Crippen molar-refractivity contribution in [2.75, 3.05) is 18.5 Å². The van der Waals surface area contributed by atoms with Crippen LogP contribution in [-0.4, -0.2) is 25.4 Å². The molecule has 0 heterocycles. The molecule has 0 radical (unpaired) electrons. The number of carbonyl (C=O) groups excluding carboxylic acids is 2. The number of anilines is 1. The van der Waals surface area contributed by atoms with Gasteiger partial charge >= 0.3 is 0 Å². The summed E-state index contributed by atoms with van der Waals surface area (Å²) in [6.07, 6.45) is 3.83. The van der Waals surface area contributed by atoms with Crippen molar-refractivity contribution in [1.29, 1.82) is 0 Å². The second kappa shape index (κ2) is 9.74. The van der Waals surface area contributed by atoms with Crippen LogP contribution in [0.4, 0.5) is 5.69 Å². The van der Waals surface area contributed by atoms with Crippen molar-refractivity contribution >= 4 is 29.1 Å². The molecule has 1 N–H and O–H groups in total. The Labute approximate surface area is 171 Å². The molecule has 4 nitrogen and oxygen atoms in total. The summed E-state index contributed by atoms with van der Waals surface area (Å²) >= 11 is 5.99. The second-order valence-corrected chi connectivity index (χ2v) is 7.89. The van der Waals surface area contributed by atoms with Crippen LogP contribution in [0.15, 0.2) is 54.6 Å². The third kappa shape index (κ3) is 5.35. The molecule has 2 aromatic rings. The number of hydrogen-bond acceptors (Lipinski definition) is 2. The maximum atomic E-state index is 12.7. The largest absolute Gasteiger partial charge is 0.356 e. The van der Waals surface area contributed by atoms with Crippen LogP contribution in [0.2, 0.25) is 5.02 Å². The van der Waals surface area contributed by atoms with Crippen LogP contribution in [0.25, 0.3) is 0 Å². The number of nitrogens with one attached hydrogen (secondary N) is 1. The first-order valence-corrected chi connectivity index (χ1v) is 10.3. The molecule has 28 heavy (non-hydrogen) atoms. The third-order valence-corrected chi connectivity index (χ3v) is 5.76. The van der Waals surface area contributed by atoms with Crippen LogP contribution in [0.5, 0.6) is 0 Å². The lowest BCUT2D eigenvalue weighted by atomic mass is 9.81. The molecule has 0 unspecified atom stereocenters. The van der Waals surface area contributed by atoms with E-state index >= 15 is 0 Å². The van der Waals surface area contributed by atoms with Gasteiger partial charge < -0.3 is 10.2 Å². The number of benzene rings is 2. The van der Waals surface area contributed by atoms with Gasteiger partial charge in [0.2, 0.25) is 11.8 Å². The molecule has 148 valence electrons. The highest BCUT2D eigenvalue weighted by molar-refractivity contribution is 6.30. The average Bonchev–Trinajstić information content (AvgIpc) is 2.73. The third-order valence-electron chi connectivity index (χ3n) is 5.52. The molecule has 0 aromatic heterocycles. The highest BCUT2D eigenvalue weighted by Gasteiger charge is 2.31. The predicted octanol–water partition coefficient (Wildman–Crippen LogP) is 4.47. The molecule has 5 heteroatoms. The fraction of sp³-hybridized carbons (Fsp3) is 0.391. The summed E-state index contributed by atoms with van der Waals surface area (Å²) in [5.41, 5.74) is 2.03. The SMILES string of the molecule is CN(C(=O)C1CCC(C(=O)NCCc2cccc(Cl)c2)CC1)c1ccccc1. The Kier molecular flexibility index (Phi) is 7.10. The van der Waals surface area contributed by atoms with Crippen molar-refractivity contribution < 1.29 is 9.59 Å². The lowest BCUT2D eigenvalue weighted by Gasteiger charge is -2.30. The Morgan fingerprint density at radius 3 is 2.36 bits per heavy atom. The maximum Gasteiger partial charge on any atom is 0.229 e. The number of para-hydroxylation sites is 1. The van der Waals surface area contributed by atoms with Crippen LogP contribution in [0, 0.1) is 11.8 Å². The van der Waals surface area contributed by atoms with Gasteiger partial charge in [0, 0.05) is 36.1 Å². The average molecular weight is 399 g/mol. The van der Waals surface area contributed by atoms with E-state index in [1.165, 1.54) is 0 Å². The van der Waals surface area contributed by atoms with Crippen molar-refractivity contribution in [3.63, 3.8) is 0 Å². The van der Waals surface area contributed by atoms with Gasteiger partial charge in [0.1, 0.15) is 0 Å². The first kappa shape index (κ1) is 20.4. The van der Waals surface area contributed by atoms with Gasteiger partial charge in [0.15, 0.2) is 0 Å². The highest BCUT2D eigenvalue weighted by atomic mass is 35.5. The van der Waals surface area contributed by atoms with Gasteiger partial charge in [-0.15, -0.1) is 0 Å². The minimum absolute atomic E-state index is 0.000664. The molecule has 0 aliphatic heterocycles. The van der Waals surface area contributed by atoms with Crippen LogP contribution in [-0.2, 0) is 16.0 Å². The van der Waals surface area contributed by atoms with Crippen LogP contribution in [0.3, 0.4) is 0 Å². The first-order valence-electron chi connectivity index (χ1n) is 9.89. The van der Waals surface area contributed by atoms with Gasteiger partial charge in [-0.1, -0.05) is 41.9 Å². The zero-order valence-electron chi connectivity index (χ0n) is 16.2. The fourth-order valence-electron chi connectivity index (χ4n) is 3.82. The number of rotatable bonds is 6. The molecule has 2 amide bonds. The molecule has 0 spiro atoms. The smallest absolute Gasteiger partial charge is 0.229 e. The molecule has 0 atom stereocenters. The summed E-state index contributed by atoms with van der Waals surface area (Å²) in [6.45, 7) is 0.606. The standard InChI is InChI=1S/C23H27ClN2O2/c1-26(21-8-3-2-4-9-21)23(28)19-12-10-18(11-13-19)22(27)25-15-14-17-6-5-7-20(24)16-17/h2-9,16,18-19H,10-15H2,1H3,(H,25,27). The Morgan fingerprint density at radius 2 is 1.68 bits per heavy atom. The monoisotopic (exact) mass is 398 g/mol. The van der Waals surface area contributed by atoms with Gasteiger partial charge in [-0.05, 0) is 61.9 Å². The molecular weight excluding hydrogens is 372 g/mol. The molecule has 0 saturated heterocycles. The van der Waals surface area contributed by atoms with Crippen molar-refractivity contribution in [2.45, 2.75) is 32.1 Å². The van der Waals surface area contributed by atoms with E-state index in [0.29, 0.717) is 11.6 Å². The van der Waals surface area contributed by atoms with E-state index in [-0.39, 0.29) is 23.7 Å². The van der Waals surface area contributed by atoms with Crippen LogP contribution >= 0.6 is 11.6 Å². The molecule has 3 rings (SSSR count). The van der Waals surface area contributed by atoms with Gasteiger partial charge in [-0.2, -0.15) is 0 Å². The van der Waals surface area contributed by atoms with Crippen LogP contribution in [0.1, 0.15) is 31.2 Å². The molecular formula is C23H27ClN2O2. The maximum absolute atomic E-state index is 12.7. The number of hydrogen-bond donors (Lipinski definition) is 1. The molecule has 1 fully saturated rings. The van der Waals surface area contributed by atoms with E-state index < -0.39 is 0 Å². The summed E-state index contributed by atoms with van der Waals surface area (Å²) < 4.78 is 0. The fourth-order valence-corrected chi connectivity index (χ4v) is 4.03. The Morgan fingerprint density at radius 1 is 1.00 bits per heavy atom. The number of nitrogens with zero attached hydrogens (tertiary/aromatic N) is 1. The minimum Gasteiger partial charge on any atom is -0.356 e. The quantitative estimate of drug-likeness (QED) is 0.780. The van der Waals surface area contributed by atoms with Crippen molar-refractivity contribution in [3.05, 3.63) is 65.2 Å². The zero-order chi connectivity index (χ0) is 19.9. The number of amides is 2. The Balaban J connectivity index is 1.43. The summed E-state index contributed by atoms with van der Waals surface area (Å²) in [5, 5.41) is 3.75. The summed E-state index contributed by atoms with van der Waals surface area (Å²) in [4.78, 5) is 26.9. The predicted molar refractivity (Wildman–Crippen MR) is 113 cm³/mol. The first-order chi connectivity index (χ1) is 13.5. The number of carbonyl (C=O) groups is 2. The van der Waals surface area contributed by atoms with Gasteiger partial charge in [0.25, 0.3) is 0 Å². The second-order valence-electron chi connectivity index (χ2n) is 7.45. The molecule has 2 aromatic carbocycles. The topological polar surface area (TPSA) is 49.4 Å². The van der Waals surface area contributed by atoms with Gasteiger partial charge in [-0.3, -0.25) is 9.59 Å². The molecule has 1 saturated carbocycles. The van der Waals surface area contributed by atoms with Crippen molar-refractivity contribution in [3.8, 4) is 0 Å². The van der Waals surface area contributed by atoms with Crippen molar-refractivity contribution in [2.24, 2.45) is 11.8 Å². The lowest BCUT2D eigenvalue weighted by Crippen LogP contribution is -2.38.